The van der Waals surface area contributed by atoms with E-state index in [2.05, 4.69) is 29.0 Å². The average molecular weight is 273 g/mol. The molecule has 0 bridgehead atoms. The highest BCUT2D eigenvalue weighted by Crippen LogP contribution is 2.31. The summed E-state index contributed by atoms with van der Waals surface area (Å²) in [5.74, 6) is 0. The molecule has 2 N–H and O–H groups in total. The zero-order valence-electron chi connectivity index (χ0n) is 11.6. The third-order valence-corrected chi connectivity index (χ3v) is 3.88. The molecule has 1 aromatic heterocycles. The first kappa shape index (κ1) is 14.0. The number of aryl methyl sites for hydroxylation is 2. The summed E-state index contributed by atoms with van der Waals surface area (Å²) in [6.45, 7) is 6.07. The van der Waals surface area contributed by atoms with Gasteiger partial charge in [0.1, 0.15) is 0 Å². The Morgan fingerprint density at radius 1 is 1.16 bits per heavy atom. The summed E-state index contributed by atoms with van der Waals surface area (Å²) in [5.41, 5.74) is 9.30. The number of hydrogen-bond donors (Lipinski definition) is 1. The number of aromatic nitrogens is 2. The van der Waals surface area contributed by atoms with E-state index in [-0.39, 0.29) is 6.04 Å². The molecular weight excluding hydrogens is 254 g/mol. The van der Waals surface area contributed by atoms with Crippen LogP contribution in [0.5, 0.6) is 0 Å². The zero-order chi connectivity index (χ0) is 13.8. The smallest absolute Gasteiger partial charge is 0.192 e. The SMILES string of the molecule is CC[C@H](N)c1ccccc1Sc1nc(C)cc(C)n1. The molecule has 0 aliphatic rings. The molecule has 0 saturated heterocycles. The maximum Gasteiger partial charge on any atom is 0.192 e. The van der Waals surface area contributed by atoms with E-state index in [0.717, 1.165) is 33.4 Å². The van der Waals surface area contributed by atoms with Gasteiger partial charge >= 0.3 is 0 Å². The van der Waals surface area contributed by atoms with Gasteiger partial charge in [-0.1, -0.05) is 25.1 Å². The van der Waals surface area contributed by atoms with Gasteiger partial charge in [-0.25, -0.2) is 9.97 Å². The van der Waals surface area contributed by atoms with E-state index in [9.17, 15) is 0 Å². The van der Waals surface area contributed by atoms with Gasteiger partial charge in [-0.15, -0.1) is 0 Å². The first-order chi connectivity index (χ1) is 9.10. The third-order valence-electron chi connectivity index (χ3n) is 2.92. The van der Waals surface area contributed by atoms with Gasteiger partial charge < -0.3 is 5.73 Å². The summed E-state index contributed by atoms with van der Waals surface area (Å²) in [5, 5.41) is 0.785. The van der Waals surface area contributed by atoms with E-state index in [4.69, 9.17) is 5.73 Å². The van der Waals surface area contributed by atoms with Crippen molar-refractivity contribution in [2.24, 2.45) is 5.73 Å². The number of nitrogens with zero attached hydrogens (tertiary/aromatic N) is 2. The fourth-order valence-corrected chi connectivity index (χ4v) is 3.00. The first-order valence-corrected chi connectivity index (χ1v) is 7.26. The second kappa shape index (κ2) is 6.17. The molecule has 0 saturated carbocycles. The quantitative estimate of drug-likeness (QED) is 0.864. The normalized spacial score (nSPS) is 12.4. The van der Waals surface area contributed by atoms with Gasteiger partial charge in [-0.3, -0.25) is 0 Å². The molecule has 0 spiro atoms. The predicted octanol–water partition coefficient (Wildman–Crippen LogP) is 3.65. The van der Waals surface area contributed by atoms with Gasteiger partial charge in [-0.05, 0) is 49.7 Å². The summed E-state index contributed by atoms with van der Waals surface area (Å²) in [6.07, 6.45) is 0.922. The van der Waals surface area contributed by atoms with Gasteiger partial charge in [0.25, 0.3) is 0 Å². The maximum atomic E-state index is 6.15. The molecule has 3 nitrogen and oxygen atoms in total. The third kappa shape index (κ3) is 3.55. The monoisotopic (exact) mass is 273 g/mol. The molecule has 19 heavy (non-hydrogen) atoms. The summed E-state index contributed by atoms with van der Waals surface area (Å²) in [7, 11) is 0. The molecular formula is C15H19N3S. The Kier molecular flexibility index (Phi) is 4.56. The standard InChI is InChI=1S/C15H19N3S/c1-4-13(16)12-7-5-6-8-14(12)19-15-17-10(2)9-11(3)18-15/h5-9,13H,4,16H2,1-3H3/t13-/m0/s1. The van der Waals surface area contributed by atoms with Crippen LogP contribution in [-0.4, -0.2) is 9.97 Å². The van der Waals surface area contributed by atoms with Crippen molar-refractivity contribution < 1.29 is 0 Å². The second-order valence-electron chi connectivity index (χ2n) is 4.59. The van der Waals surface area contributed by atoms with E-state index >= 15 is 0 Å². The molecule has 1 aromatic carbocycles. The van der Waals surface area contributed by atoms with Crippen LogP contribution in [0.1, 0.15) is 36.3 Å². The molecule has 0 fully saturated rings. The van der Waals surface area contributed by atoms with Crippen LogP contribution in [-0.2, 0) is 0 Å². The Morgan fingerprint density at radius 3 is 2.42 bits per heavy atom. The molecule has 100 valence electrons. The van der Waals surface area contributed by atoms with Crippen molar-refractivity contribution in [1.29, 1.82) is 0 Å². The lowest BCUT2D eigenvalue weighted by Crippen LogP contribution is -2.09. The van der Waals surface area contributed by atoms with Crippen LogP contribution >= 0.6 is 11.8 Å². The van der Waals surface area contributed by atoms with E-state index in [1.165, 1.54) is 0 Å². The maximum absolute atomic E-state index is 6.15. The van der Waals surface area contributed by atoms with Gasteiger partial charge in [0.2, 0.25) is 0 Å². The van der Waals surface area contributed by atoms with Gasteiger partial charge in [-0.2, -0.15) is 0 Å². The van der Waals surface area contributed by atoms with Crippen molar-refractivity contribution in [3.8, 4) is 0 Å². The number of rotatable bonds is 4. The molecule has 2 aromatic rings. The first-order valence-electron chi connectivity index (χ1n) is 6.44. The van der Waals surface area contributed by atoms with E-state index < -0.39 is 0 Å². The highest BCUT2D eigenvalue weighted by Gasteiger charge is 2.11. The Morgan fingerprint density at radius 2 is 1.79 bits per heavy atom. The predicted molar refractivity (Wildman–Crippen MR) is 79.3 cm³/mol. The van der Waals surface area contributed by atoms with Gasteiger partial charge in [0.15, 0.2) is 5.16 Å². The molecule has 0 radical (unpaired) electrons. The molecule has 0 unspecified atom stereocenters. The molecule has 0 amide bonds. The molecule has 0 aliphatic heterocycles. The highest BCUT2D eigenvalue weighted by atomic mass is 32.2. The van der Waals surface area contributed by atoms with Crippen molar-refractivity contribution in [2.75, 3.05) is 0 Å². The molecule has 1 heterocycles. The fourth-order valence-electron chi connectivity index (χ4n) is 1.94. The lowest BCUT2D eigenvalue weighted by atomic mass is 10.1. The zero-order valence-corrected chi connectivity index (χ0v) is 12.4. The van der Waals surface area contributed by atoms with E-state index in [0.29, 0.717) is 0 Å². The van der Waals surface area contributed by atoms with Crippen molar-refractivity contribution >= 4 is 11.8 Å². The number of benzene rings is 1. The van der Waals surface area contributed by atoms with Crippen LogP contribution in [0.4, 0.5) is 0 Å². The lowest BCUT2D eigenvalue weighted by molar-refractivity contribution is 0.685. The molecule has 0 aliphatic carbocycles. The van der Waals surface area contributed by atoms with Gasteiger partial charge in [0.05, 0.1) is 0 Å². The minimum Gasteiger partial charge on any atom is -0.324 e. The van der Waals surface area contributed by atoms with E-state index in [1.807, 2.05) is 32.0 Å². The summed E-state index contributed by atoms with van der Waals surface area (Å²) in [6, 6.07) is 10.3. The topological polar surface area (TPSA) is 51.8 Å². The van der Waals surface area contributed by atoms with Crippen LogP contribution in [0.15, 0.2) is 40.4 Å². The fraction of sp³-hybridized carbons (Fsp3) is 0.333. The largest absolute Gasteiger partial charge is 0.324 e. The van der Waals surface area contributed by atoms with Crippen molar-refractivity contribution in [3.63, 3.8) is 0 Å². The Hall–Kier alpha value is -1.39. The summed E-state index contributed by atoms with van der Waals surface area (Å²) >= 11 is 1.58. The van der Waals surface area contributed by atoms with Crippen LogP contribution < -0.4 is 5.73 Å². The van der Waals surface area contributed by atoms with Crippen LogP contribution in [0.25, 0.3) is 0 Å². The average Bonchev–Trinajstić information content (AvgIpc) is 2.37. The Labute approximate surface area is 118 Å². The van der Waals surface area contributed by atoms with Crippen LogP contribution in [0.3, 0.4) is 0 Å². The molecule has 4 heteroatoms. The van der Waals surface area contributed by atoms with Crippen molar-refractivity contribution in [3.05, 3.63) is 47.3 Å². The summed E-state index contributed by atoms with van der Waals surface area (Å²) < 4.78 is 0. The summed E-state index contributed by atoms with van der Waals surface area (Å²) in [4.78, 5) is 10.1. The molecule has 1 atom stereocenters. The van der Waals surface area contributed by atoms with Crippen LogP contribution in [0.2, 0.25) is 0 Å². The second-order valence-corrected chi connectivity index (χ2v) is 5.60. The van der Waals surface area contributed by atoms with Crippen molar-refractivity contribution in [1.82, 2.24) is 9.97 Å². The Bertz CT molecular complexity index is 549. The number of nitrogens with two attached hydrogens (primary N) is 1. The lowest BCUT2D eigenvalue weighted by Gasteiger charge is -2.14. The minimum atomic E-state index is 0.0645. The van der Waals surface area contributed by atoms with Crippen LogP contribution in [0, 0.1) is 13.8 Å². The minimum absolute atomic E-state index is 0.0645. The highest BCUT2D eigenvalue weighted by molar-refractivity contribution is 7.99. The van der Waals surface area contributed by atoms with E-state index in [1.54, 1.807) is 11.8 Å². The number of hydrogen-bond acceptors (Lipinski definition) is 4. The Balaban J connectivity index is 2.32. The van der Waals surface area contributed by atoms with Crippen molar-refractivity contribution in [2.45, 2.75) is 43.3 Å². The van der Waals surface area contributed by atoms with Gasteiger partial charge in [0, 0.05) is 22.3 Å². The molecule has 2 rings (SSSR count).